The quantitative estimate of drug-likeness (QED) is 0.506. The molecule has 2 aliphatic carbocycles. The summed E-state index contributed by atoms with van der Waals surface area (Å²) in [6, 6.07) is 15.2. The number of hydrogen-bond acceptors (Lipinski definition) is 5. The van der Waals surface area contributed by atoms with E-state index in [-0.39, 0.29) is 30.3 Å². The lowest BCUT2D eigenvalue weighted by Gasteiger charge is -2.24. The summed E-state index contributed by atoms with van der Waals surface area (Å²) < 4.78 is 10.7. The highest BCUT2D eigenvalue weighted by Crippen LogP contribution is 2.44. The number of ether oxygens (including phenoxy) is 2. The van der Waals surface area contributed by atoms with E-state index in [0.717, 1.165) is 24.0 Å². The Morgan fingerprint density at radius 3 is 2.26 bits per heavy atom. The summed E-state index contributed by atoms with van der Waals surface area (Å²) >= 11 is 0. The van der Waals surface area contributed by atoms with Crippen LogP contribution in [-0.4, -0.2) is 55.5 Å². The van der Waals surface area contributed by atoms with Crippen LogP contribution in [0.15, 0.2) is 48.5 Å². The Labute approximate surface area is 205 Å². The minimum Gasteiger partial charge on any atom is -0.480 e. The molecule has 186 valence electrons. The molecule has 3 N–H and O–H groups in total. The van der Waals surface area contributed by atoms with Gasteiger partial charge >= 0.3 is 12.1 Å². The molecule has 0 bridgehead atoms. The van der Waals surface area contributed by atoms with Crippen LogP contribution in [0.4, 0.5) is 4.79 Å². The van der Waals surface area contributed by atoms with Crippen LogP contribution in [0.25, 0.3) is 11.1 Å². The van der Waals surface area contributed by atoms with Gasteiger partial charge in [-0.15, -0.1) is 0 Å². The van der Waals surface area contributed by atoms with Gasteiger partial charge in [0.15, 0.2) is 6.04 Å². The Hall–Kier alpha value is -3.39. The van der Waals surface area contributed by atoms with E-state index < -0.39 is 24.2 Å². The molecule has 2 aromatic carbocycles. The van der Waals surface area contributed by atoms with Gasteiger partial charge in [-0.25, -0.2) is 9.59 Å². The third-order valence-corrected chi connectivity index (χ3v) is 7.25. The van der Waals surface area contributed by atoms with E-state index >= 15 is 0 Å². The smallest absolute Gasteiger partial charge is 0.407 e. The molecule has 2 aromatic rings. The molecule has 0 saturated heterocycles. The number of fused-ring (bicyclic) bond motifs is 3. The molecule has 1 saturated carbocycles. The highest BCUT2D eigenvalue weighted by atomic mass is 16.5. The van der Waals surface area contributed by atoms with Gasteiger partial charge < -0.3 is 25.2 Å². The van der Waals surface area contributed by atoms with Gasteiger partial charge in [0, 0.05) is 25.5 Å². The van der Waals surface area contributed by atoms with Crippen LogP contribution < -0.4 is 10.6 Å². The van der Waals surface area contributed by atoms with Crippen LogP contribution in [0.3, 0.4) is 0 Å². The summed E-state index contributed by atoms with van der Waals surface area (Å²) in [6.45, 7) is 2.12. The topological polar surface area (TPSA) is 114 Å². The normalized spacial score (nSPS) is 20.4. The number of carbonyl (C=O) groups is 3. The number of rotatable bonds is 9. The van der Waals surface area contributed by atoms with E-state index in [1.54, 1.807) is 6.92 Å². The van der Waals surface area contributed by atoms with E-state index in [1.807, 2.05) is 24.3 Å². The van der Waals surface area contributed by atoms with Crippen LogP contribution in [0.2, 0.25) is 0 Å². The summed E-state index contributed by atoms with van der Waals surface area (Å²) in [7, 11) is 1.41. The molecule has 35 heavy (non-hydrogen) atoms. The average Bonchev–Trinajstić information content (AvgIpc) is 3.47. The fraction of sp³-hybridized carbons (Fsp3) is 0.444. The van der Waals surface area contributed by atoms with Crippen LogP contribution in [0.5, 0.6) is 0 Å². The van der Waals surface area contributed by atoms with E-state index in [9.17, 15) is 19.5 Å². The molecule has 2 aliphatic rings. The maximum atomic E-state index is 12.8. The lowest BCUT2D eigenvalue weighted by atomic mass is 9.94. The van der Waals surface area contributed by atoms with E-state index in [2.05, 4.69) is 34.9 Å². The molecular formula is C27H32N2O6. The summed E-state index contributed by atoms with van der Waals surface area (Å²) in [6.07, 6.45) is 1.09. The molecule has 2 amide bonds. The summed E-state index contributed by atoms with van der Waals surface area (Å²) in [5.74, 6) is -1.93. The minimum atomic E-state index is -1.14. The van der Waals surface area contributed by atoms with Gasteiger partial charge in [-0.2, -0.15) is 0 Å². The van der Waals surface area contributed by atoms with Gasteiger partial charge in [0.05, 0.1) is 6.10 Å². The lowest BCUT2D eigenvalue weighted by Crippen LogP contribution is -2.51. The molecule has 8 nitrogen and oxygen atoms in total. The average molecular weight is 481 g/mol. The van der Waals surface area contributed by atoms with Crippen molar-refractivity contribution in [3.05, 3.63) is 59.7 Å². The maximum absolute atomic E-state index is 12.8. The molecule has 0 aliphatic heterocycles. The molecule has 0 aromatic heterocycles. The molecule has 1 fully saturated rings. The summed E-state index contributed by atoms with van der Waals surface area (Å²) in [5, 5.41) is 14.8. The SMILES string of the molecule is COC(C)C(NC(=O)[C@@H]1CCC[C@@H]1CNC(=O)OCC1c2ccccc2-c2ccccc21)C(=O)O. The minimum absolute atomic E-state index is 0.0196. The Kier molecular flexibility index (Phi) is 7.70. The van der Waals surface area contributed by atoms with Crippen molar-refractivity contribution < 1.29 is 29.0 Å². The van der Waals surface area contributed by atoms with Crippen LogP contribution in [0.1, 0.15) is 43.2 Å². The monoisotopic (exact) mass is 480 g/mol. The third kappa shape index (κ3) is 5.32. The zero-order valence-electron chi connectivity index (χ0n) is 20.0. The number of alkyl carbamates (subject to hydrolysis) is 1. The number of carbonyl (C=O) groups excluding carboxylic acids is 2. The van der Waals surface area contributed by atoms with E-state index in [1.165, 1.54) is 18.2 Å². The maximum Gasteiger partial charge on any atom is 0.407 e. The van der Waals surface area contributed by atoms with Gasteiger partial charge in [-0.3, -0.25) is 4.79 Å². The van der Waals surface area contributed by atoms with Crippen molar-refractivity contribution in [2.75, 3.05) is 20.3 Å². The predicted molar refractivity (Wildman–Crippen MR) is 130 cm³/mol. The van der Waals surface area contributed by atoms with Gasteiger partial charge in [-0.1, -0.05) is 55.0 Å². The number of aliphatic carboxylic acids is 1. The highest BCUT2D eigenvalue weighted by molar-refractivity contribution is 5.86. The number of methoxy groups -OCH3 is 1. The molecule has 4 rings (SSSR count). The standard InChI is InChI=1S/C27H32N2O6/c1-16(34-2)24(26(31)32)29-25(30)18-13-7-8-17(18)14-28-27(33)35-15-23-21-11-5-3-9-19(21)20-10-4-6-12-22(20)23/h3-6,9-12,16-18,23-24H,7-8,13-15H2,1-2H3,(H,28,33)(H,29,30)(H,31,32)/t16?,17-,18-,24?/m1/s1. The van der Waals surface area contributed by atoms with Gasteiger partial charge in [0.2, 0.25) is 5.91 Å². The molecule has 0 spiro atoms. The lowest BCUT2D eigenvalue weighted by molar-refractivity contribution is -0.146. The molecule has 2 unspecified atom stereocenters. The van der Waals surface area contributed by atoms with Crippen molar-refractivity contribution in [3.8, 4) is 11.1 Å². The van der Waals surface area contributed by atoms with Crippen LogP contribution in [0, 0.1) is 11.8 Å². The second kappa shape index (κ2) is 10.9. The second-order valence-corrected chi connectivity index (χ2v) is 9.27. The highest BCUT2D eigenvalue weighted by Gasteiger charge is 2.36. The molecule has 4 atom stereocenters. The Bertz CT molecular complexity index is 1040. The largest absolute Gasteiger partial charge is 0.480 e. The summed E-state index contributed by atoms with van der Waals surface area (Å²) in [5.41, 5.74) is 4.62. The fourth-order valence-corrected chi connectivity index (χ4v) is 5.27. The van der Waals surface area contributed by atoms with Crippen molar-refractivity contribution in [2.45, 2.75) is 44.2 Å². The predicted octanol–water partition coefficient (Wildman–Crippen LogP) is 3.55. The third-order valence-electron chi connectivity index (χ3n) is 7.25. The van der Waals surface area contributed by atoms with Crippen molar-refractivity contribution in [1.29, 1.82) is 0 Å². The van der Waals surface area contributed by atoms with E-state index in [0.29, 0.717) is 13.0 Å². The first kappa shape index (κ1) is 24.7. The molecular weight excluding hydrogens is 448 g/mol. The molecule has 0 radical (unpaired) electrons. The number of benzene rings is 2. The van der Waals surface area contributed by atoms with Gasteiger partial charge in [0.25, 0.3) is 0 Å². The number of carboxylic acid groups (broad SMARTS) is 1. The van der Waals surface area contributed by atoms with Crippen molar-refractivity contribution in [1.82, 2.24) is 10.6 Å². The van der Waals surface area contributed by atoms with Crippen LogP contribution in [-0.2, 0) is 19.1 Å². The number of amides is 2. The van der Waals surface area contributed by atoms with Crippen LogP contribution >= 0.6 is 0 Å². The molecule has 0 heterocycles. The van der Waals surface area contributed by atoms with Crippen molar-refractivity contribution in [3.63, 3.8) is 0 Å². The first-order valence-electron chi connectivity index (χ1n) is 12.1. The zero-order valence-corrected chi connectivity index (χ0v) is 20.0. The molecule has 8 heteroatoms. The summed E-state index contributed by atoms with van der Waals surface area (Å²) in [4.78, 5) is 36.8. The Morgan fingerprint density at radius 2 is 1.66 bits per heavy atom. The first-order chi connectivity index (χ1) is 16.9. The second-order valence-electron chi connectivity index (χ2n) is 9.27. The van der Waals surface area contributed by atoms with Gasteiger partial charge in [0.1, 0.15) is 6.61 Å². The zero-order chi connectivity index (χ0) is 24.9. The Morgan fingerprint density at radius 1 is 1.03 bits per heavy atom. The first-order valence-corrected chi connectivity index (χ1v) is 12.1. The van der Waals surface area contributed by atoms with Crippen molar-refractivity contribution in [2.24, 2.45) is 11.8 Å². The number of nitrogens with one attached hydrogen (secondary N) is 2. The fourth-order valence-electron chi connectivity index (χ4n) is 5.27. The Balaban J connectivity index is 1.31. The van der Waals surface area contributed by atoms with Crippen molar-refractivity contribution >= 4 is 18.0 Å². The van der Waals surface area contributed by atoms with Gasteiger partial charge in [-0.05, 0) is 47.9 Å². The number of carboxylic acids is 1. The number of hydrogen-bond donors (Lipinski definition) is 3. The van der Waals surface area contributed by atoms with E-state index in [4.69, 9.17) is 9.47 Å².